The molecule has 0 saturated heterocycles. The zero-order valence-electron chi connectivity index (χ0n) is 18.9. The largest absolute Gasteiger partial charge is 0.365 e. The van der Waals surface area contributed by atoms with Crippen LogP contribution in [0.5, 0.6) is 0 Å². The number of para-hydroxylation sites is 1. The Bertz CT molecular complexity index is 1190. The topological polar surface area (TPSA) is 63.8 Å². The first-order valence-corrected chi connectivity index (χ1v) is 11.9. The number of halogens is 1. The Balaban J connectivity index is 0.000000139. The summed E-state index contributed by atoms with van der Waals surface area (Å²) in [4.78, 5) is 19.2. The molecule has 0 aliphatic carbocycles. The van der Waals surface area contributed by atoms with Crippen LogP contribution in [0.3, 0.4) is 0 Å². The van der Waals surface area contributed by atoms with Gasteiger partial charge in [-0.3, -0.25) is 0 Å². The molecule has 33 heavy (non-hydrogen) atoms. The molecule has 0 amide bonds. The molecule has 7 heteroatoms. The summed E-state index contributed by atoms with van der Waals surface area (Å²) in [5, 5.41) is 0.879. The van der Waals surface area contributed by atoms with Crippen LogP contribution in [0.1, 0.15) is 35.0 Å². The van der Waals surface area contributed by atoms with Gasteiger partial charge in [-0.1, -0.05) is 42.8 Å². The number of nitrogens with one attached hydrogen (secondary N) is 2. The van der Waals surface area contributed by atoms with Gasteiger partial charge in [-0.15, -0.1) is 0 Å². The molecule has 6 nitrogen and oxygen atoms in total. The Hall–Kier alpha value is -3.25. The van der Waals surface area contributed by atoms with Crippen molar-refractivity contribution in [2.75, 3.05) is 22.9 Å². The van der Waals surface area contributed by atoms with Crippen LogP contribution in [0, 0.1) is 0 Å². The van der Waals surface area contributed by atoms with Crippen molar-refractivity contribution in [1.82, 2.24) is 19.9 Å². The molecule has 2 aromatic heterocycles. The van der Waals surface area contributed by atoms with E-state index in [1.165, 1.54) is 33.8 Å². The first-order chi connectivity index (χ1) is 16.2. The summed E-state index contributed by atoms with van der Waals surface area (Å²) in [7, 11) is 0. The third-order valence-electron chi connectivity index (χ3n) is 6.45. The number of anilines is 2. The lowest BCUT2D eigenvalue weighted by Crippen LogP contribution is -2.20. The van der Waals surface area contributed by atoms with Gasteiger partial charge in [-0.2, -0.15) is 0 Å². The normalized spacial score (nSPS) is 14.1. The number of H-pyrrole nitrogens is 2. The second-order valence-corrected chi connectivity index (χ2v) is 8.92. The van der Waals surface area contributed by atoms with Gasteiger partial charge in [0.2, 0.25) is 0 Å². The van der Waals surface area contributed by atoms with Crippen molar-refractivity contribution < 1.29 is 0 Å². The molecular formula is C26H29ClN6. The molecular weight excluding hydrogens is 432 g/mol. The van der Waals surface area contributed by atoms with E-state index in [0.29, 0.717) is 0 Å². The van der Waals surface area contributed by atoms with Crippen molar-refractivity contribution in [3.8, 4) is 0 Å². The highest BCUT2D eigenvalue weighted by Gasteiger charge is 2.22. The minimum atomic E-state index is 0.868. The fourth-order valence-corrected chi connectivity index (χ4v) is 5.10. The van der Waals surface area contributed by atoms with E-state index in [2.05, 4.69) is 60.9 Å². The zero-order valence-corrected chi connectivity index (χ0v) is 19.6. The van der Waals surface area contributed by atoms with Gasteiger partial charge < -0.3 is 19.8 Å². The molecule has 4 heterocycles. The number of hydrogen-bond donors (Lipinski definition) is 2. The van der Waals surface area contributed by atoms with Crippen molar-refractivity contribution in [1.29, 1.82) is 0 Å². The van der Waals surface area contributed by atoms with Gasteiger partial charge in [0.25, 0.3) is 0 Å². The number of aromatic nitrogens is 4. The van der Waals surface area contributed by atoms with Crippen molar-refractivity contribution >= 4 is 23.0 Å². The molecule has 0 unspecified atom stereocenters. The van der Waals surface area contributed by atoms with E-state index in [9.17, 15) is 0 Å². The number of nitrogens with zero attached hydrogens (tertiary/aromatic N) is 4. The van der Waals surface area contributed by atoms with Gasteiger partial charge in [-0.05, 0) is 48.1 Å². The summed E-state index contributed by atoms with van der Waals surface area (Å²) in [5.41, 5.74) is 9.23. The Morgan fingerprint density at radius 2 is 1.58 bits per heavy atom. The molecule has 0 saturated carbocycles. The molecule has 0 bridgehead atoms. The average Bonchev–Trinajstić information content (AvgIpc) is 3.64. The predicted octanol–water partition coefficient (Wildman–Crippen LogP) is 5.16. The van der Waals surface area contributed by atoms with E-state index >= 15 is 0 Å². The standard InChI is InChI=1S/C14H17N3.C12H12ClN3/c1-2-11-4-3-5-12-6-7-17(14(11)12)9-13-8-15-10-16-13;13-11-2-1-3-12-10(11)4-5-16(12)7-9-6-14-8-15-9/h3-5,8,10H,2,6-7,9H2,1H3,(H,15,16);1-3,6,8H,4-5,7H2,(H,14,15). The van der Waals surface area contributed by atoms with Crippen LogP contribution < -0.4 is 9.80 Å². The molecule has 0 spiro atoms. The number of aromatic amines is 2. The van der Waals surface area contributed by atoms with Gasteiger partial charge in [0.1, 0.15) is 0 Å². The first kappa shape index (κ1) is 21.6. The third kappa shape index (κ3) is 4.62. The van der Waals surface area contributed by atoms with Crippen LogP contribution in [0.25, 0.3) is 0 Å². The molecule has 0 fully saturated rings. The predicted molar refractivity (Wildman–Crippen MR) is 134 cm³/mol. The van der Waals surface area contributed by atoms with Gasteiger partial charge in [0.15, 0.2) is 0 Å². The van der Waals surface area contributed by atoms with Crippen LogP contribution in [-0.4, -0.2) is 33.0 Å². The zero-order chi connectivity index (χ0) is 22.6. The Kier molecular flexibility index (Phi) is 6.35. The fourth-order valence-electron chi connectivity index (χ4n) is 4.84. The first-order valence-electron chi connectivity index (χ1n) is 11.6. The second kappa shape index (κ2) is 9.71. The number of hydrogen-bond acceptors (Lipinski definition) is 4. The van der Waals surface area contributed by atoms with Crippen LogP contribution in [0.4, 0.5) is 11.4 Å². The summed E-state index contributed by atoms with van der Waals surface area (Å²) in [5.74, 6) is 0. The fraction of sp³-hybridized carbons (Fsp3) is 0.308. The van der Waals surface area contributed by atoms with Gasteiger partial charge in [0, 0.05) is 41.9 Å². The minimum absolute atomic E-state index is 0.868. The lowest BCUT2D eigenvalue weighted by Gasteiger charge is -2.21. The monoisotopic (exact) mass is 460 g/mol. The van der Waals surface area contributed by atoms with Gasteiger partial charge in [0.05, 0.1) is 37.1 Å². The summed E-state index contributed by atoms with van der Waals surface area (Å²) in [6.07, 6.45) is 10.5. The lowest BCUT2D eigenvalue weighted by atomic mass is 10.1. The van der Waals surface area contributed by atoms with E-state index in [1.54, 1.807) is 12.7 Å². The van der Waals surface area contributed by atoms with E-state index in [4.69, 9.17) is 11.6 Å². The molecule has 2 aliphatic heterocycles. The summed E-state index contributed by atoms with van der Waals surface area (Å²) < 4.78 is 0. The highest BCUT2D eigenvalue weighted by molar-refractivity contribution is 6.31. The Morgan fingerprint density at radius 1 is 0.879 bits per heavy atom. The maximum atomic E-state index is 6.17. The Labute approximate surface area is 199 Å². The molecule has 0 atom stereocenters. The second-order valence-electron chi connectivity index (χ2n) is 8.51. The van der Waals surface area contributed by atoms with Crippen molar-refractivity contribution in [3.05, 3.63) is 94.5 Å². The smallest absolute Gasteiger partial charge is 0.0922 e. The quantitative estimate of drug-likeness (QED) is 0.431. The van der Waals surface area contributed by atoms with E-state index in [0.717, 1.165) is 56.2 Å². The number of benzene rings is 2. The molecule has 2 N–H and O–H groups in total. The van der Waals surface area contributed by atoms with Crippen LogP contribution in [-0.2, 0) is 32.4 Å². The molecule has 170 valence electrons. The van der Waals surface area contributed by atoms with Crippen molar-refractivity contribution in [3.63, 3.8) is 0 Å². The van der Waals surface area contributed by atoms with Crippen molar-refractivity contribution in [2.24, 2.45) is 0 Å². The van der Waals surface area contributed by atoms with E-state index < -0.39 is 0 Å². The van der Waals surface area contributed by atoms with Crippen molar-refractivity contribution in [2.45, 2.75) is 39.3 Å². The number of imidazole rings is 2. The number of aryl methyl sites for hydroxylation is 1. The molecule has 2 aliphatic rings. The summed E-state index contributed by atoms with van der Waals surface area (Å²) in [6, 6.07) is 12.8. The number of rotatable bonds is 5. The SMILES string of the molecule is CCc1cccc2c1N(Cc1cnc[nH]1)CC2.Clc1cccc2c1CCN2Cc1cnc[nH]1. The molecule has 2 aromatic carbocycles. The maximum Gasteiger partial charge on any atom is 0.0922 e. The third-order valence-corrected chi connectivity index (χ3v) is 6.80. The summed E-state index contributed by atoms with van der Waals surface area (Å²) >= 11 is 6.17. The van der Waals surface area contributed by atoms with Gasteiger partial charge >= 0.3 is 0 Å². The van der Waals surface area contributed by atoms with Crippen LogP contribution in [0.2, 0.25) is 5.02 Å². The van der Waals surface area contributed by atoms with E-state index in [-0.39, 0.29) is 0 Å². The van der Waals surface area contributed by atoms with Gasteiger partial charge in [-0.25, -0.2) is 9.97 Å². The Morgan fingerprint density at radius 3 is 2.27 bits per heavy atom. The highest BCUT2D eigenvalue weighted by Crippen LogP contribution is 2.34. The van der Waals surface area contributed by atoms with Crippen LogP contribution in [0.15, 0.2) is 61.4 Å². The minimum Gasteiger partial charge on any atom is -0.365 e. The molecule has 4 aromatic rings. The average molecular weight is 461 g/mol. The molecule has 6 rings (SSSR count). The highest BCUT2D eigenvalue weighted by atomic mass is 35.5. The lowest BCUT2D eigenvalue weighted by molar-refractivity contribution is 0.815. The maximum absolute atomic E-state index is 6.17. The molecule has 0 radical (unpaired) electrons. The summed E-state index contributed by atoms with van der Waals surface area (Å²) in [6.45, 7) is 6.17. The number of fused-ring (bicyclic) bond motifs is 2. The van der Waals surface area contributed by atoms with E-state index in [1.807, 2.05) is 24.5 Å². The van der Waals surface area contributed by atoms with Crippen LogP contribution >= 0.6 is 11.6 Å².